The quantitative estimate of drug-likeness (QED) is 0.653. The largest absolute Gasteiger partial charge is 0.493 e. The Labute approximate surface area is 167 Å². The summed E-state index contributed by atoms with van der Waals surface area (Å²) >= 11 is 0. The lowest BCUT2D eigenvalue weighted by Crippen LogP contribution is -2.25. The second-order valence-corrected chi connectivity index (χ2v) is 6.86. The van der Waals surface area contributed by atoms with Gasteiger partial charge in [0.2, 0.25) is 17.6 Å². The molecule has 0 radical (unpaired) electrons. The molecule has 0 saturated carbocycles. The predicted octanol–water partition coefficient (Wildman–Crippen LogP) is 3.72. The number of hydrogen-bond acceptors (Lipinski definition) is 6. The fourth-order valence-corrected chi connectivity index (χ4v) is 3.52. The Balaban J connectivity index is 1.57. The smallest absolute Gasteiger partial charge is 0.232 e. The normalized spacial score (nSPS) is 16.3. The highest BCUT2D eigenvalue weighted by atomic mass is 19.1. The van der Waals surface area contributed by atoms with Crippen LogP contribution >= 0.6 is 0 Å². The molecule has 1 atom stereocenters. The van der Waals surface area contributed by atoms with E-state index in [1.807, 2.05) is 6.07 Å². The summed E-state index contributed by atoms with van der Waals surface area (Å²) < 4.78 is 29.4. The maximum absolute atomic E-state index is 13.4. The summed E-state index contributed by atoms with van der Waals surface area (Å²) in [6.45, 7) is 2.18. The van der Waals surface area contributed by atoms with Gasteiger partial charge in [0.05, 0.1) is 20.1 Å². The minimum absolute atomic E-state index is 0.0597. The molecule has 1 aromatic heterocycles. The minimum Gasteiger partial charge on any atom is -0.493 e. The van der Waals surface area contributed by atoms with E-state index in [0.29, 0.717) is 46.6 Å². The molecule has 0 aliphatic carbocycles. The summed E-state index contributed by atoms with van der Waals surface area (Å²) in [6.07, 6.45) is 0.254. The number of carbonyl (C=O) groups is 1. The lowest BCUT2D eigenvalue weighted by atomic mass is 10.1. The third-order valence-electron chi connectivity index (χ3n) is 5.01. The molecule has 0 N–H and O–H groups in total. The fraction of sp³-hybridized carbons (Fsp3) is 0.286. The number of aryl methyl sites for hydroxylation is 1. The topological polar surface area (TPSA) is 77.7 Å². The van der Waals surface area contributed by atoms with Crippen LogP contribution in [0.2, 0.25) is 0 Å². The van der Waals surface area contributed by atoms with E-state index in [1.165, 1.54) is 12.1 Å². The molecule has 1 unspecified atom stereocenters. The number of carbonyl (C=O) groups excluding carboxylic acids is 1. The van der Waals surface area contributed by atoms with Crippen molar-refractivity contribution in [3.63, 3.8) is 0 Å². The molecular formula is C21H20FN3O4. The minimum atomic E-state index is -0.328. The predicted molar refractivity (Wildman–Crippen MR) is 104 cm³/mol. The van der Waals surface area contributed by atoms with Gasteiger partial charge in [-0.2, -0.15) is 4.98 Å². The molecule has 1 aliphatic heterocycles. The number of nitrogens with zero attached hydrogens (tertiary/aromatic N) is 3. The summed E-state index contributed by atoms with van der Waals surface area (Å²) in [6, 6.07) is 9.73. The number of aromatic nitrogens is 2. The first-order chi connectivity index (χ1) is 14.0. The van der Waals surface area contributed by atoms with Gasteiger partial charge in [-0.15, -0.1) is 0 Å². The van der Waals surface area contributed by atoms with E-state index in [4.69, 9.17) is 14.0 Å². The molecule has 4 rings (SSSR count). The van der Waals surface area contributed by atoms with Gasteiger partial charge in [-0.3, -0.25) is 4.79 Å². The van der Waals surface area contributed by atoms with Crippen molar-refractivity contribution in [2.75, 3.05) is 25.7 Å². The molecule has 2 heterocycles. The average Bonchev–Trinajstić information content (AvgIpc) is 3.34. The molecule has 3 aromatic rings. The number of halogens is 1. The van der Waals surface area contributed by atoms with Crippen molar-refractivity contribution >= 4 is 11.6 Å². The maximum Gasteiger partial charge on any atom is 0.232 e. The van der Waals surface area contributed by atoms with Crippen LogP contribution in [0.5, 0.6) is 11.5 Å². The standard InChI is InChI=1S/C21H20FN3O4/c1-12-8-15(22)5-6-16(12)25-11-14(10-19(25)26)21-23-20(24-29-21)13-4-7-17(27-2)18(9-13)28-3/h4-9,14H,10-11H2,1-3H3. The number of methoxy groups -OCH3 is 2. The molecule has 1 fully saturated rings. The number of anilines is 1. The Morgan fingerprint density at radius 3 is 2.66 bits per heavy atom. The van der Waals surface area contributed by atoms with Crippen LogP contribution < -0.4 is 14.4 Å². The van der Waals surface area contributed by atoms with Crippen molar-refractivity contribution < 1.29 is 23.2 Å². The van der Waals surface area contributed by atoms with Crippen molar-refractivity contribution in [3.8, 4) is 22.9 Å². The van der Waals surface area contributed by atoms with Crippen molar-refractivity contribution in [1.82, 2.24) is 10.1 Å². The lowest BCUT2D eigenvalue weighted by Gasteiger charge is -2.18. The van der Waals surface area contributed by atoms with Gasteiger partial charge in [0.15, 0.2) is 11.5 Å². The van der Waals surface area contributed by atoms with Gasteiger partial charge < -0.3 is 18.9 Å². The Morgan fingerprint density at radius 1 is 1.14 bits per heavy atom. The molecule has 0 spiro atoms. The summed E-state index contributed by atoms with van der Waals surface area (Å²) in [4.78, 5) is 18.7. The van der Waals surface area contributed by atoms with Crippen LogP contribution in [0.4, 0.5) is 10.1 Å². The molecule has 1 aliphatic rings. The fourth-order valence-electron chi connectivity index (χ4n) is 3.52. The summed E-state index contributed by atoms with van der Waals surface area (Å²) in [5.74, 6) is 1.35. The van der Waals surface area contributed by atoms with Crippen molar-refractivity contribution in [2.24, 2.45) is 0 Å². The SMILES string of the molecule is COc1ccc(-c2noc(C3CC(=O)N(c4ccc(F)cc4C)C3)n2)cc1OC. The number of amides is 1. The van der Waals surface area contributed by atoms with Crippen molar-refractivity contribution in [2.45, 2.75) is 19.3 Å². The summed E-state index contributed by atoms with van der Waals surface area (Å²) in [5.41, 5.74) is 2.11. The van der Waals surface area contributed by atoms with Crippen LogP contribution in [0, 0.1) is 12.7 Å². The van der Waals surface area contributed by atoms with Crippen LogP contribution in [0.25, 0.3) is 11.4 Å². The van der Waals surface area contributed by atoms with Gasteiger partial charge in [0.25, 0.3) is 0 Å². The molecule has 8 heteroatoms. The zero-order valence-electron chi connectivity index (χ0n) is 16.3. The van der Waals surface area contributed by atoms with E-state index >= 15 is 0 Å². The molecule has 2 aromatic carbocycles. The average molecular weight is 397 g/mol. The Morgan fingerprint density at radius 2 is 1.93 bits per heavy atom. The van der Waals surface area contributed by atoms with E-state index in [2.05, 4.69) is 10.1 Å². The molecule has 150 valence electrons. The number of hydrogen-bond donors (Lipinski definition) is 0. The van der Waals surface area contributed by atoms with Gasteiger partial charge in [-0.25, -0.2) is 4.39 Å². The Hall–Kier alpha value is -3.42. The molecular weight excluding hydrogens is 377 g/mol. The molecule has 29 heavy (non-hydrogen) atoms. The van der Waals surface area contributed by atoms with Gasteiger partial charge in [0, 0.05) is 24.2 Å². The third-order valence-corrected chi connectivity index (χ3v) is 5.01. The number of ether oxygens (including phenoxy) is 2. The monoisotopic (exact) mass is 397 g/mol. The van der Waals surface area contributed by atoms with E-state index in [1.54, 1.807) is 44.2 Å². The molecule has 0 bridgehead atoms. The summed E-state index contributed by atoms with van der Waals surface area (Å²) in [7, 11) is 3.12. The van der Waals surface area contributed by atoms with Crippen LogP contribution in [-0.2, 0) is 4.79 Å². The van der Waals surface area contributed by atoms with E-state index < -0.39 is 0 Å². The zero-order chi connectivity index (χ0) is 20.5. The van der Waals surface area contributed by atoms with Gasteiger partial charge in [-0.05, 0) is 48.9 Å². The molecule has 1 amide bonds. The second-order valence-electron chi connectivity index (χ2n) is 6.86. The highest BCUT2D eigenvalue weighted by molar-refractivity contribution is 5.97. The van der Waals surface area contributed by atoms with Gasteiger partial charge in [-0.1, -0.05) is 5.16 Å². The maximum atomic E-state index is 13.4. The van der Waals surface area contributed by atoms with Crippen LogP contribution in [0.15, 0.2) is 40.9 Å². The molecule has 7 nitrogen and oxygen atoms in total. The van der Waals surface area contributed by atoms with E-state index in [9.17, 15) is 9.18 Å². The molecule has 1 saturated heterocycles. The highest BCUT2D eigenvalue weighted by Gasteiger charge is 2.35. The van der Waals surface area contributed by atoms with Gasteiger partial charge >= 0.3 is 0 Å². The van der Waals surface area contributed by atoms with Crippen LogP contribution in [0.1, 0.15) is 23.8 Å². The lowest BCUT2D eigenvalue weighted by molar-refractivity contribution is -0.117. The van der Waals surface area contributed by atoms with E-state index in [-0.39, 0.29) is 24.1 Å². The Kier molecular flexibility index (Phi) is 4.92. The highest BCUT2D eigenvalue weighted by Crippen LogP contribution is 2.35. The summed E-state index contributed by atoms with van der Waals surface area (Å²) in [5, 5.41) is 4.05. The first-order valence-corrected chi connectivity index (χ1v) is 9.12. The van der Waals surface area contributed by atoms with Crippen molar-refractivity contribution in [3.05, 3.63) is 53.7 Å². The first kappa shape index (κ1) is 18.9. The Bertz CT molecular complexity index is 1070. The number of benzene rings is 2. The second kappa shape index (κ2) is 7.54. The van der Waals surface area contributed by atoms with Crippen LogP contribution in [0.3, 0.4) is 0 Å². The van der Waals surface area contributed by atoms with E-state index in [0.717, 1.165) is 0 Å². The third kappa shape index (κ3) is 3.53. The zero-order valence-corrected chi connectivity index (χ0v) is 16.3. The first-order valence-electron chi connectivity index (χ1n) is 9.12. The van der Waals surface area contributed by atoms with Crippen molar-refractivity contribution in [1.29, 1.82) is 0 Å². The van der Waals surface area contributed by atoms with Crippen LogP contribution in [-0.4, -0.2) is 36.8 Å². The number of rotatable bonds is 5. The van der Waals surface area contributed by atoms with Gasteiger partial charge in [0.1, 0.15) is 5.82 Å².